The molecule has 1 N–H and O–H groups in total. The molecule has 1 heterocycles. The fourth-order valence-corrected chi connectivity index (χ4v) is 2.38. The maximum atomic E-state index is 12.4. The number of carbonyl (C=O) groups is 1. The molecule has 0 unspecified atom stereocenters. The fraction of sp³-hybridized carbons (Fsp3) is 0.111. The Labute approximate surface area is 147 Å². The molecule has 2 aromatic carbocycles. The zero-order chi connectivity index (χ0) is 18.7. The molecular formula is C18H14F3N3O2. The van der Waals surface area contributed by atoms with Gasteiger partial charge in [0.05, 0.1) is 5.69 Å². The maximum Gasteiger partial charge on any atom is 0.573 e. The van der Waals surface area contributed by atoms with E-state index in [2.05, 4.69) is 15.2 Å². The molecule has 0 bridgehead atoms. The average Bonchev–Trinajstić information content (AvgIpc) is 2.96. The number of hydrogen-bond donors (Lipinski definition) is 1. The zero-order valence-electron chi connectivity index (χ0n) is 13.6. The molecule has 0 atom stereocenters. The minimum atomic E-state index is -4.80. The SMILES string of the molecule is Cc1cc(C(=O)Nc2cccc(OC(F)(F)F)c2)nn1-c1ccccc1. The zero-order valence-corrected chi connectivity index (χ0v) is 13.6. The first kappa shape index (κ1) is 17.5. The van der Waals surface area contributed by atoms with E-state index in [9.17, 15) is 18.0 Å². The van der Waals surface area contributed by atoms with Crippen molar-refractivity contribution in [2.45, 2.75) is 13.3 Å². The van der Waals surface area contributed by atoms with Crippen molar-refractivity contribution in [3.63, 3.8) is 0 Å². The van der Waals surface area contributed by atoms with Crippen molar-refractivity contribution in [2.24, 2.45) is 0 Å². The van der Waals surface area contributed by atoms with Crippen molar-refractivity contribution in [1.82, 2.24) is 9.78 Å². The van der Waals surface area contributed by atoms with E-state index < -0.39 is 18.0 Å². The molecule has 0 fully saturated rings. The molecule has 5 nitrogen and oxygen atoms in total. The number of ether oxygens (including phenoxy) is 1. The molecule has 3 aromatic rings. The lowest BCUT2D eigenvalue weighted by molar-refractivity contribution is -0.274. The molecule has 8 heteroatoms. The molecule has 0 aliphatic heterocycles. The lowest BCUT2D eigenvalue weighted by atomic mass is 10.3. The summed E-state index contributed by atoms with van der Waals surface area (Å²) >= 11 is 0. The van der Waals surface area contributed by atoms with Gasteiger partial charge in [0, 0.05) is 17.4 Å². The predicted octanol–water partition coefficient (Wildman–Crippen LogP) is 4.33. The van der Waals surface area contributed by atoms with Crippen LogP contribution < -0.4 is 10.1 Å². The third kappa shape index (κ3) is 4.21. The van der Waals surface area contributed by atoms with Crippen LogP contribution in [0.4, 0.5) is 18.9 Å². The smallest absolute Gasteiger partial charge is 0.406 e. The van der Waals surface area contributed by atoms with Crippen molar-refractivity contribution in [2.75, 3.05) is 5.32 Å². The van der Waals surface area contributed by atoms with E-state index in [0.29, 0.717) is 0 Å². The minimum absolute atomic E-state index is 0.147. The Morgan fingerprint density at radius 1 is 1.08 bits per heavy atom. The number of aromatic nitrogens is 2. The maximum absolute atomic E-state index is 12.4. The van der Waals surface area contributed by atoms with E-state index >= 15 is 0 Å². The molecule has 1 amide bonds. The minimum Gasteiger partial charge on any atom is -0.406 e. The van der Waals surface area contributed by atoms with Crippen molar-refractivity contribution < 1.29 is 22.7 Å². The number of anilines is 1. The summed E-state index contributed by atoms with van der Waals surface area (Å²) in [6.07, 6.45) is -4.80. The molecule has 0 saturated carbocycles. The topological polar surface area (TPSA) is 56.1 Å². The summed E-state index contributed by atoms with van der Waals surface area (Å²) in [6, 6.07) is 15.9. The summed E-state index contributed by atoms with van der Waals surface area (Å²) in [5, 5.41) is 6.77. The molecular weight excluding hydrogens is 347 g/mol. The molecule has 0 radical (unpaired) electrons. The second-order valence-electron chi connectivity index (χ2n) is 5.45. The van der Waals surface area contributed by atoms with Crippen LogP contribution in [0.25, 0.3) is 5.69 Å². The first-order chi connectivity index (χ1) is 12.3. The highest BCUT2D eigenvalue weighted by molar-refractivity contribution is 6.03. The van der Waals surface area contributed by atoms with Gasteiger partial charge in [-0.2, -0.15) is 5.10 Å². The van der Waals surface area contributed by atoms with Gasteiger partial charge in [0.1, 0.15) is 5.75 Å². The highest BCUT2D eigenvalue weighted by Crippen LogP contribution is 2.25. The summed E-state index contributed by atoms with van der Waals surface area (Å²) in [4.78, 5) is 12.4. The van der Waals surface area contributed by atoms with E-state index in [1.807, 2.05) is 30.3 Å². The Hall–Kier alpha value is -3.29. The monoisotopic (exact) mass is 361 g/mol. The third-order valence-corrected chi connectivity index (χ3v) is 3.45. The van der Waals surface area contributed by atoms with Crippen LogP contribution in [0.1, 0.15) is 16.2 Å². The highest BCUT2D eigenvalue weighted by atomic mass is 19.4. The Kier molecular flexibility index (Phi) is 4.66. The number of nitrogens with one attached hydrogen (secondary N) is 1. The van der Waals surface area contributed by atoms with E-state index in [0.717, 1.165) is 23.5 Å². The van der Waals surface area contributed by atoms with Crippen LogP contribution in [0.15, 0.2) is 60.7 Å². The van der Waals surface area contributed by atoms with Gasteiger partial charge in [0.2, 0.25) is 0 Å². The van der Waals surface area contributed by atoms with Crippen LogP contribution in [0.5, 0.6) is 5.75 Å². The van der Waals surface area contributed by atoms with Crippen LogP contribution in [0.2, 0.25) is 0 Å². The molecule has 26 heavy (non-hydrogen) atoms. The molecule has 0 aliphatic rings. The fourth-order valence-electron chi connectivity index (χ4n) is 2.38. The Bertz CT molecular complexity index is 921. The van der Waals surface area contributed by atoms with Gasteiger partial charge in [-0.1, -0.05) is 24.3 Å². The Morgan fingerprint density at radius 2 is 1.81 bits per heavy atom. The first-order valence-electron chi connectivity index (χ1n) is 7.61. The standard InChI is InChI=1S/C18H14F3N3O2/c1-12-10-16(23-24(12)14-7-3-2-4-8-14)17(25)22-13-6-5-9-15(11-13)26-18(19,20)21/h2-11H,1H3,(H,22,25). The number of rotatable bonds is 4. The summed E-state index contributed by atoms with van der Waals surface area (Å²) in [5.74, 6) is -0.951. The Balaban J connectivity index is 1.78. The number of para-hydroxylation sites is 1. The van der Waals surface area contributed by atoms with Gasteiger partial charge in [-0.05, 0) is 37.3 Å². The normalized spacial score (nSPS) is 11.2. The molecule has 3 rings (SSSR count). The number of nitrogens with zero attached hydrogens (tertiary/aromatic N) is 2. The first-order valence-corrected chi connectivity index (χ1v) is 7.61. The van der Waals surface area contributed by atoms with Crippen LogP contribution in [0.3, 0.4) is 0 Å². The molecule has 0 aliphatic carbocycles. The number of hydrogen-bond acceptors (Lipinski definition) is 3. The van der Waals surface area contributed by atoms with Crippen molar-refractivity contribution in [3.05, 3.63) is 72.1 Å². The quantitative estimate of drug-likeness (QED) is 0.752. The van der Waals surface area contributed by atoms with E-state index in [1.54, 1.807) is 17.7 Å². The van der Waals surface area contributed by atoms with Crippen LogP contribution in [-0.4, -0.2) is 22.1 Å². The third-order valence-electron chi connectivity index (χ3n) is 3.45. The van der Waals surface area contributed by atoms with Gasteiger partial charge in [-0.25, -0.2) is 4.68 Å². The van der Waals surface area contributed by atoms with Crippen molar-refractivity contribution in [1.29, 1.82) is 0 Å². The number of aryl methyl sites for hydroxylation is 1. The molecule has 1 aromatic heterocycles. The van der Waals surface area contributed by atoms with Gasteiger partial charge < -0.3 is 10.1 Å². The molecule has 0 saturated heterocycles. The van der Waals surface area contributed by atoms with Crippen molar-refractivity contribution in [3.8, 4) is 11.4 Å². The predicted molar refractivity (Wildman–Crippen MR) is 89.4 cm³/mol. The average molecular weight is 361 g/mol. The number of amides is 1. The number of benzene rings is 2. The molecule has 0 spiro atoms. The molecule has 134 valence electrons. The van der Waals surface area contributed by atoms with E-state index in [-0.39, 0.29) is 11.4 Å². The lowest BCUT2D eigenvalue weighted by Crippen LogP contribution is -2.17. The lowest BCUT2D eigenvalue weighted by Gasteiger charge is -2.10. The largest absolute Gasteiger partial charge is 0.573 e. The number of alkyl halides is 3. The Morgan fingerprint density at radius 3 is 2.50 bits per heavy atom. The summed E-state index contributed by atoms with van der Waals surface area (Å²) in [6.45, 7) is 1.80. The summed E-state index contributed by atoms with van der Waals surface area (Å²) in [5.41, 5.74) is 1.86. The number of carbonyl (C=O) groups excluding carboxylic acids is 1. The van der Waals surface area contributed by atoms with Gasteiger partial charge in [-0.3, -0.25) is 4.79 Å². The number of halogens is 3. The second kappa shape index (κ2) is 6.91. The van der Waals surface area contributed by atoms with Crippen LogP contribution >= 0.6 is 0 Å². The van der Waals surface area contributed by atoms with Crippen LogP contribution in [-0.2, 0) is 0 Å². The highest BCUT2D eigenvalue weighted by Gasteiger charge is 2.31. The van der Waals surface area contributed by atoms with E-state index in [1.165, 1.54) is 12.1 Å². The van der Waals surface area contributed by atoms with Gasteiger partial charge in [0.15, 0.2) is 5.69 Å². The second-order valence-corrected chi connectivity index (χ2v) is 5.45. The van der Waals surface area contributed by atoms with E-state index in [4.69, 9.17) is 0 Å². The van der Waals surface area contributed by atoms with Gasteiger partial charge in [0.25, 0.3) is 5.91 Å². The van der Waals surface area contributed by atoms with Gasteiger partial charge in [-0.15, -0.1) is 13.2 Å². The van der Waals surface area contributed by atoms with Gasteiger partial charge >= 0.3 is 6.36 Å². The summed E-state index contributed by atoms with van der Waals surface area (Å²) in [7, 11) is 0. The summed E-state index contributed by atoms with van der Waals surface area (Å²) < 4.78 is 42.3. The van der Waals surface area contributed by atoms with Crippen molar-refractivity contribution >= 4 is 11.6 Å². The van der Waals surface area contributed by atoms with Crippen LogP contribution in [0, 0.1) is 6.92 Å².